The molecular formula is C30H49ClN4O6S. The van der Waals surface area contributed by atoms with Crippen LogP contribution in [0.15, 0.2) is 24.3 Å². The van der Waals surface area contributed by atoms with Crippen LogP contribution in [-0.4, -0.2) is 91.9 Å². The Labute approximate surface area is 257 Å². The Morgan fingerprint density at radius 1 is 1.05 bits per heavy atom. The fourth-order valence-electron chi connectivity index (χ4n) is 6.56. The van der Waals surface area contributed by atoms with E-state index in [2.05, 4.69) is 21.9 Å². The molecule has 0 radical (unpaired) electrons. The van der Waals surface area contributed by atoms with Crippen molar-refractivity contribution in [2.45, 2.75) is 95.2 Å². The van der Waals surface area contributed by atoms with E-state index in [1.807, 2.05) is 4.90 Å². The van der Waals surface area contributed by atoms with Crippen LogP contribution >= 0.6 is 12.4 Å². The number of piperidine rings is 1. The number of halogens is 1. The number of hydrogen-bond acceptors (Lipinski definition) is 7. The van der Waals surface area contributed by atoms with E-state index in [1.54, 1.807) is 24.3 Å². The maximum Gasteiger partial charge on any atom is 0.248 e. The summed E-state index contributed by atoms with van der Waals surface area (Å²) in [7, 11) is -3.31. The topological polar surface area (TPSA) is 128 Å². The van der Waals surface area contributed by atoms with Crippen molar-refractivity contribution in [1.82, 2.24) is 15.1 Å². The van der Waals surface area contributed by atoms with Crippen LogP contribution in [0, 0.1) is 5.92 Å². The lowest BCUT2D eigenvalue weighted by atomic mass is 9.78. The molecule has 10 nitrogen and oxygen atoms in total. The summed E-state index contributed by atoms with van der Waals surface area (Å²) < 4.78 is 30.9. The van der Waals surface area contributed by atoms with Gasteiger partial charge in [-0.1, -0.05) is 32.6 Å². The molecule has 42 heavy (non-hydrogen) atoms. The smallest absolute Gasteiger partial charge is 0.248 e. The summed E-state index contributed by atoms with van der Waals surface area (Å²) in [6.45, 7) is 5.59. The van der Waals surface area contributed by atoms with Gasteiger partial charge < -0.3 is 25.0 Å². The first-order chi connectivity index (χ1) is 19.6. The van der Waals surface area contributed by atoms with Gasteiger partial charge in [-0.2, -0.15) is 0 Å². The lowest BCUT2D eigenvalue weighted by Crippen LogP contribution is -2.75. The zero-order valence-corrected chi connectivity index (χ0v) is 26.7. The maximum absolute atomic E-state index is 13.8. The number of amides is 2. The van der Waals surface area contributed by atoms with Crippen molar-refractivity contribution in [2.75, 3.05) is 43.8 Å². The SMILES string of the molecule is CCCCN1C(=O)[C@@H]([C@H](O)C2CCCCC2)NC(=O)C12CCN(CCCCOc1ccc(NS(C)(=O)=O)cc1)CC2.Cl. The third-order valence-corrected chi connectivity index (χ3v) is 9.55. The number of sulfonamides is 1. The lowest BCUT2D eigenvalue weighted by Gasteiger charge is -2.52. The van der Waals surface area contributed by atoms with Crippen LogP contribution < -0.4 is 14.8 Å². The largest absolute Gasteiger partial charge is 0.494 e. The Kier molecular flexibility index (Phi) is 12.8. The number of carbonyl (C=O) groups excluding carboxylic acids is 2. The summed E-state index contributed by atoms with van der Waals surface area (Å²) in [4.78, 5) is 31.6. The summed E-state index contributed by atoms with van der Waals surface area (Å²) in [5.41, 5.74) is -0.326. The first-order valence-corrected chi connectivity index (χ1v) is 17.3. The number of anilines is 1. The molecule has 12 heteroatoms. The zero-order valence-electron chi connectivity index (χ0n) is 25.1. The highest BCUT2D eigenvalue weighted by Crippen LogP contribution is 2.36. The third-order valence-electron chi connectivity index (χ3n) is 8.95. The molecule has 0 unspecified atom stereocenters. The number of nitrogens with one attached hydrogen (secondary N) is 2. The average molecular weight is 629 g/mol. The lowest BCUT2D eigenvalue weighted by molar-refractivity contribution is -0.165. The van der Waals surface area contributed by atoms with E-state index in [1.165, 1.54) is 6.42 Å². The molecule has 2 atom stereocenters. The first-order valence-electron chi connectivity index (χ1n) is 15.4. The van der Waals surface area contributed by atoms with Gasteiger partial charge in [-0.3, -0.25) is 14.3 Å². The van der Waals surface area contributed by atoms with E-state index in [9.17, 15) is 23.1 Å². The summed E-state index contributed by atoms with van der Waals surface area (Å²) in [6, 6.07) is 6.01. The molecule has 1 saturated carbocycles. The number of nitrogens with zero attached hydrogens (tertiary/aromatic N) is 2. The first kappa shape index (κ1) is 34.4. The van der Waals surface area contributed by atoms with Crippen LogP contribution in [0.5, 0.6) is 5.75 Å². The summed E-state index contributed by atoms with van der Waals surface area (Å²) in [5.74, 6) is 0.555. The molecule has 0 bridgehead atoms. The molecule has 1 aromatic rings. The molecule has 3 aliphatic rings. The number of carbonyl (C=O) groups is 2. The number of hydrogen-bond donors (Lipinski definition) is 3. The zero-order chi connectivity index (χ0) is 29.5. The molecule has 1 aromatic carbocycles. The van der Waals surface area contributed by atoms with Crippen molar-refractivity contribution in [3.05, 3.63) is 24.3 Å². The Bertz CT molecular complexity index is 1120. The van der Waals surface area contributed by atoms with Crippen molar-refractivity contribution in [3.63, 3.8) is 0 Å². The Morgan fingerprint density at radius 2 is 1.71 bits per heavy atom. The molecule has 4 rings (SSSR count). The third kappa shape index (κ3) is 8.74. The summed E-state index contributed by atoms with van der Waals surface area (Å²) in [5, 5.41) is 14.1. The van der Waals surface area contributed by atoms with Gasteiger partial charge in [-0.15, -0.1) is 12.4 Å². The molecule has 0 aromatic heterocycles. The standard InChI is InChI=1S/C30H48N4O6S.ClH/c1-3-4-19-34-28(36)26(27(35)23-10-6-5-7-11-23)31-29(37)30(34)16-20-33(21-17-30)18-8-9-22-40-25-14-12-24(13-15-25)32-41(2,38)39;/h12-15,23,26-27,32,35H,3-11,16-22H2,1-2H3,(H,31,37);1H/t26-,27-;/m1./s1. The number of benzene rings is 1. The molecule has 3 N–H and O–H groups in total. The molecule has 1 aliphatic carbocycles. The number of likely N-dealkylation sites (tertiary alicyclic amines) is 1. The fourth-order valence-corrected chi connectivity index (χ4v) is 7.13. The minimum absolute atomic E-state index is 0. The van der Waals surface area contributed by atoms with Gasteiger partial charge in [0.1, 0.15) is 17.3 Å². The molecule has 2 heterocycles. The predicted octanol–water partition coefficient (Wildman–Crippen LogP) is 3.54. The molecule has 3 fully saturated rings. The molecule has 1 spiro atoms. The minimum atomic E-state index is -3.31. The van der Waals surface area contributed by atoms with Crippen LogP contribution in [-0.2, 0) is 19.6 Å². The van der Waals surface area contributed by atoms with E-state index in [-0.39, 0.29) is 30.1 Å². The van der Waals surface area contributed by atoms with Crippen LogP contribution in [0.2, 0.25) is 0 Å². The van der Waals surface area contributed by atoms with Gasteiger partial charge in [0.25, 0.3) is 0 Å². The second-order valence-corrected chi connectivity index (χ2v) is 13.8. The van der Waals surface area contributed by atoms with Crippen molar-refractivity contribution in [3.8, 4) is 5.75 Å². The summed E-state index contributed by atoms with van der Waals surface area (Å²) in [6.07, 6.45) is 10.2. The fraction of sp³-hybridized carbons (Fsp3) is 0.733. The highest BCUT2D eigenvalue weighted by atomic mass is 35.5. The van der Waals surface area contributed by atoms with Gasteiger partial charge in [-0.05, 0) is 81.7 Å². The van der Waals surface area contributed by atoms with Crippen LogP contribution in [0.1, 0.15) is 77.6 Å². The van der Waals surface area contributed by atoms with E-state index in [0.29, 0.717) is 37.4 Å². The monoisotopic (exact) mass is 628 g/mol. The molecule has 2 aliphatic heterocycles. The van der Waals surface area contributed by atoms with Gasteiger partial charge >= 0.3 is 0 Å². The maximum atomic E-state index is 13.8. The molecule has 2 amide bonds. The Morgan fingerprint density at radius 3 is 2.33 bits per heavy atom. The number of unbranched alkanes of at least 4 members (excludes halogenated alkanes) is 2. The molecule has 2 saturated heterocycles. The van der Waals surface area contributed by atoms with Crippen molar-refractivity contribution < 1.29 is 27.9 Å². The molecule has 238 valence electrons. The quantitative estimate of drug-likeness (QED) is 0.285. The van der Waals surface area contributed by atoms with Crippen LogP contribution in [0.4, 0.5) is 5.69 Å². The van der Waals surface area contributed by atoms with Crippen molar-refractivity contribution in [2.24, 2.45) is 5.92 Å². The van der Waals surface area contributed by atoms with Crippen LogP contribution in [0.25, 0.3) is 0 Å². The Hall–Kier alpha value is -2.08. The van der Waals surface area contributed by atoms with Gasteiger partial charge in [0.05, 0.1) is 19.0 Å². The van der Waals surface area contributed by atoms with Crippen molar-refractivity contribution >= 4 is 39.9 Å². The highest BCUT2D eigenvalue weighted by molar-refractivity contribution is 7.92. The van der Waals surface area contributed by atoms with Gasteiger partial charge in [0.2, 0.25) is 21.8 Å². The number of aliphatic hydroxyl groups excluding tert-OH is 1. The summed E-state index contributed by atoms with van der Waals surface area (Å²) >= 11 is 0. The van der Waals surface area contributed by atoms with Crippen LogP contribution in [0.3, 0.4) is 0 Å². The molecular weight excluding hydrogens is 580 g/mol. The predicted molar refractivity (Wildman–Crippen MR) is 166 cm³/mol. The Balaban J connectivity index is 0.00000484. The van der Waals surface area contributed by atoms with Crippen molar-refractivity contribution in [1.29, 1.82) is 0 Å². The second-order valence-electron chi connectivity index (χ2n) is 12.0. The highest BCUT2D eigenvalue weighted by Gasteiger charge is 2.55. The number of aliphatic hydroxyl groups is 1. The average Bonchev–Trinajstić information content (AvgIpc) is 2.96. The number of piperazine rings is 1. The van der Waals surface area contributed by atoms with E-state index in [0.717, 1.165) is 77.3 Å². The van der Waals surface area contributed by atoms with E-state index in [4.69, 9.17) is 4.74 Å². The minimum Gasteiger partial charge on any atom is -0.494 e. The number of rotatable bonds is 13. The van der Waals surface area contributed by atoms with Gasteiger partial charge in [0.15, 0.2) is 0 Å². The van der Waals surface area contributed by atoms with Gasteiger partial charge in [-0.25, -0.2) is 8.42 Å². The van der Waals surface area contributed by atoms with E-state index < -0.39 is 27.7 Å². The van der Waals surface area contributed by atoms with Gasteiger partial charge in [0, 0.05) is 25.3 Å². The second kappa shape index (κ2) is 15.6. The number of ether oxygens (including phenoxy) is 1. The van der Waals surface area contributed by atoms with E-state index >= 15 is 0 Å². The normalized spacial score (nSPS) is 22.4.